The first kappa shape index (κ1) is 16.4. The molecule has 0 radical (unpaired) electrons. The van der Waals surface area contributed by atoms with Crippen LogP contribution in [0.1, 0.15) is 0 Å². The summed E-state index contributed by atoms with van der Waals surface area (Å²) in [6.07, 6.45) is 3.25. The van der Waals surface area contributed by atoms with Crippen LogP contribution in [0.2, 0.25) is 25.7 Å². The second-order valence-corrected chi connectivity index (χ2v) is 11.9. The first-order chi connectivity index (χ1) is 10.4. The van der Waals surface area contributed by atoms with E-state index in [1.54, 1.807) is 30.4 Å². The molecular weight excluding hydrogens is 298 g/mol. The van der Waals surface area contributed by atoms with Gasteiger partial charge in [-0.1, -0.05) is 19.6 Å². The Kier molecular flexibility index (Phi) is 5.14. The maximum absolute atomic E-state index is 5.80. The molecule has 2 N–H and O–H groups in total. The fourth-order valence-corrected chi connectivity index (χ4v) is 2.63. The van der Waals surface area contributed by atoms with Gasteiger partial charge in [0.15, 0.2) is 17.4 Å². The summed E-state index contributed by atoms with van der Waals surface area (Å²) < 4.78 is 12.6. The Labute approximate surface area is 131 Å². The highest BCUT2D eigenvalue weighted by Gasteiger charge is 2.14. The topological polar surface area (TPSA) is 88.1 Å². The molecule has 0 aromatic carbocycles. The predicted octanol–water partition coefficient (Wildman–Crippen LogP) is 2.24. The van der Waals surface area contributed by atoms with Crippen LogP contribution in [0.3, 0.4) is 0 Å². The van der Waals surface area contributed by atoms with E-state index in [-0.39, 0.29) is 0 Å². The fraction of sp³-hybridized carbons (Fsp3) is 0.500. The number of pyridine rings is 1. The van der Waals surface area contributed by atoms with Crippen LogP contribution in [0.5, 0.6) is 5.75 Å². The van der Waals surface area contributed by atoms with E-state index in [0.29, 0.717) is 24.1 Å². The molecule has 120 valence electrons. The zero-order chi connectivity index (χ0) is 16.2. The van der Waals surface area contributed by atoms with Gasteiger partial charge in [-0.05, 0) is 12.1 Å². The number of rotatable bonds is 7. The summed E-state index contributed by atoms with van der Waals surface area (Å²) in [5.41, 5.74) is 6.51. The number of aromatic nitrogens is 4. The molecule has 0 aliphatic rings. The Hall–Kier alpha value is -1.93. The van der Waals surface area contributed by atoms with Crippen molar-refractivity contribution in [2.24, 2.45) is 0 Å². The molecule has 0 amide bonds. The minimum atomic E-state index is -1.07. The van der Waals surface area contributed by atoms with Crippen molar-refractivity contribution in [3.63, 3.8) is 0 Å². The molecule has 2 aromatic heterocycles. The van der Waals surface area contributed by atoms with E-state index in [1.807, 2.05) is 0 Å². The SMILES string of the molecule is COc1c(-c2ncn(COCC[Si](C)(C)C)n2)ccnc1N. The quantitative estimate of drug-likeness (QED) is 0.621. The number of nitrogens with zero attached hydrogens (tertiary/aromatic N) is 4. The highest BCUT2D eigenvalue weighted by molar-refractivity contribution is 6.76. The number of hydrogen-bond acceptors (Lipinski definition) is 6. The van der Waals surface area contributed by atoms with E-state index < -0.39 is 8.07 Å². The standard InChI is InChI=1S/C14H23N5O2Si/c1-20-12-11(5-6-16-13(12)15)14-17-9-19(18-14)10-21-7-8-22(2,3)4/h5-6,9H,7-8,10H2,1-4H3,(H2,15,16). The molecule has 0 fully saturated rings. The van der Waals surface area contributed by atoms with E-state index in [0.717, 1.165) is 18.2 Å². The monoisotopic (exact) mass is 321 g/mol. The molecule has 2 heterocycles. The van der Waals surface area contributed by atoms with E-state index in [4.69, 9.17) is 15.2 Å². The smallest absolute Gasteiger partial charge is 0.185 e. The summed E-state index contributed by atoms with van der Waals surface area (Å²) in [5.74, 6) is 1.35. The zero-order valence-corrected chi connectivity index (χ0v) is 14.5. The number of ether oxygens (including phenoxy) is 2. The highest BCUT2D eigenvalue weighted by Crippen LogP contribution is 2.30. The number of methoxy groups -OCH3 is 1. The Bertz CT molecular complexity index is 624. The third-order valence-electron chi connectivity index (χ3n) is 3.13. The van der Waals surface area contributed by atoms with Crippen LogP contribution in [-0.4, -0.2) is 41.5 Å². The molecule has 8 heteroatoms. The number of hydrogen-bond donors (Lipinski definition) is 1. The molecular formula is C14H23N5O2Si. The van der Waals surface area contributed by atoms with E-state index in [2.05, 4.69) is 34.7 Å². The van der Waals surface area contributed by atoms with Crippen molar-refractivity contribution in [2.75, 3.05) is 19.5 Å². The molecule has 0 aliphatic carbocycles. The van der Waals surface area contributed by atoms with Gasteiger partial charge in [0, 0.05) is 20.9 Å². The lowest BCUT2D eigenvalue weighted by atomic mass is 10.2. The van der Waals surface area contributed by atoms with E-state index in [9.17, 15) is 0 Å². The van der Waals surface area contributed by atoms with E-state index in [1.165, 1.54) is 0 Å². The van der Waals surface area contributed by atoms with Gasteiger partial charge in [-0.15, -0.1) is 5.10 Å². The van der Waals surface area contributed by atoms with Crippen LogP contribution in [0.15, 0.2) is 18.6 Å². The Morgan fingerprint density at radius 2 is 2.05 bits per heavy atom. The van der Waals surface area contributed by atoms with Crippen molar-refractivity contribution in [1.82, 2.24) is 19.7 Å². The van der Waals surface area contributed by atoms with Gasteiger partial charge in [0.1, 0.15) is 13.1 Å². The van der Waals surface area contributed by atoms with Crippen LogP contribution in [0.25, 0.3) is 11.4 Å². The number of nitrogens with two attached hydrogens (primary N) is 1. The summed E-state index contributed by atoms with van der Waals surface area (Å²) in [5, 5.41) is 4.39. The van der Waals surface area contributed by atoms with Gasteiger partial charge >= 0.3 is 0 Å². The fourth-order valence-electron chi connectivity index (χ4n) is 1.87. The molecule has 22 heavy (non-hydrogen) atoms. The molecule has 0 atom stereocenters. The lowest BCUT2D eigenvalue weighted by Gasteiger charge is -2.15. The second kappa shape index (κ2) is 6.88. The molecule has 0 unspecified atom stereocenters. The molecule has 0 bridgehead atoms. The van der Waals surface area contributed by atoms with Crippen molar-refractivity contribution >= 4 is 13.9 Å². The van der Waals surface area contributed by atoms with Crippen molar-refractivity contribution in [1.29, 1.82) is 0 Å². The van der Waals surface area contributed by atoms with Crippen LogP contribution in [0.4, 0.5) is 5.82 Å². The lowest BCUT2D eigenvalue weighted by Crippen LogP contribution is -2.22. The minimum absolute atomic E-state index is 0.322. The largest absolute Gasteiger partial charge is 0.492 e. The zero-order valence-electron chi connectivity index (χ0n) is 13.5. The first-order valence-corrected chi connectivity index (χ1v) is 10.9. The first-order valence-electron chi connectivity index (χ1n) is 7.17. The van der Waals surface area contributed by atoms with Crippen molar-refractivity contribution in [2.45, 2.75) is 32.4 Å². The molecule has 0 saturated carbocycles. The molecule has 2 rings (SSSR count). The normalized spacial score (nSPS) is 11.6. The van der Waals surface area contributed by atoms with Crippen molar-refractivity contribution < 1.29 is 9.47 Å². The molecule has 0 aliphatic heterocycles. The van der Waals surface area contributed by atoms with Crippen molar-refractivity contribution in [3.05, 3.63) is 18.6 Å². The molecule has 2 aromatic rings. The Morgan fingerprint density at radius 1 is 1.27 bits per heavy atom. The van der Waals surface area contributed by atoms with Crippen molar-refractivity contribution in [3.8, 4) is 17.1 Å². The summed E-state index contributed by atoms with van der Waals surface area (Å²) in [7, 11) is 0.480. The summed E-state index contributed by atoms with van der Waals surface area (Å²) in [4.78, 5) is 8.28. The number of anilines is 1. The summed E-state index contributed by atoms with van der Waals surface area (Å²) in [6.45, 7) is 8.11. The van der Waals surface area contributed by atoms with Gasteiger partial charge in [-0.2, -0.15) is 0 Å². The molecule has 0 spiro atoms. The summed E-state index contributed by atoms with van der Waals surface area (Å²) in [6, 6.07) is 2.91. The van der Waals surface area contributed by atoms with Gasteiger partial charge in [0.2, 0.25) is 0 Å². The van der Waals surface area contributed by atoms with Gasteiger partial charge < -0.3 is 15.2 Å². The predicted molar refractivity (Wildman–Crippen MR) is 88.3 cm³/mol. The third kappa shape index (κ3) is 4.28. The maximum Gasteiger partial charge on any atom is 0.185 e. The lowest BCUT2D eigenvalue weighted by molar-refractivity contribution is 0.0785. The average Bonchev–Trinajstić information content (AvgIpc) is 2.91. The van der Waals surface area contributed by atoms with Gasteiger partial charge in [-0.25, -0.2) is 14.6 Å². The highest BCUT2D eigenvalue weighted by atomic mass is 28.3. The van der Waals surface area contributed by atoms with Crippen LogP contribution < -0.4 is 10.5 Å². The van der Waals surface area contributed by atoms with Gasteiger partial charge in [0.25, 0.3) is 0 Å². The molecule has 7 nitrogen and oxygen atoms in total. The summed E-state index contributed by atoms with van der Waals surface area (Å²) >= 11 is 0. The second-order valence-electron chi connectivity index (χ2n) is 6.23. The third-order valence-corrected chi connectivity index (χ3v) is 4.84. The molecule has 0 saturated heterocycles. The van der Waals surface area contributed by atoms with E-state index >= 15 is 0 Å². The number of nitrogen functional groups attached to an aromatic ring is 1. The average molecular weight is 321 g/mol. The van der Waals surface area contributed by atoms with Crippen LogP contribution in [-0.2, 0) is 11.5 Å². The van der Waals surface area contributed by atoms with Crippen LogP contribution >= 0.6 is 0 Å². The maximum atomic E-state index is 5.80. The Morgan fingerprint density at radius 3 is 2.73 bits per heavy atom. The minimum Gasteiger partial charge on any atom is -0.492 e. The van der Waals surface area contributed by atoms with Gasteiger partial charge in [0.05, 0.1) is 12.7 Å². The van der Waals surface area contributed by atoms with Crippen LogP contribution in [0, 0.1) is 0 Å². The Balaban J connectivity index is 2.01. The van der Waals surface area contributed by atoms with Gasteiger partial charge in [-0.3, -0.25) is 0 Å².